The van der Waals surface area contributed by atoms with Crippen molar-refractivity contribution in [2.45, 2.75) is 30.6 Å². The lowest BCUT2D eigenvalue weighted by Crippen LogP contribution is -2.57. The Morgan fingerprint density at radius 1 is 1.14 bits per heavy atom. The van der Waals surface area contributed by atoms with Gasteiger partial charge in [0.15, 0.2) is 4.75 Å². The summed E-state index contributed by atoms with van der Waals surface area (Å²) in [5, 5.41) is 2.78. The quantitative estimate of drug-likeness (QED) is 0.783. The summed E-state index contributed by atoms with van der Waals surface area (Å²) < 4.78 is 32.3. The van der Waals surface area contributed by atoms with Crippen LogP contribution in [0.5, 0.6) is 5.75 Å². The summed E-state index contributed by atoms with van der Waals surface area (Å²) in [5.41, 5.74) is 1.14. The molecule has 2 saturated heterocycles. The van der Waals surface area contributed by atoms with Gasteiger partial charge in [-0.05, 0) is 56.2 Å². The Hall–Kier alpha value is -2.19. The van der Waals surface area contributed by atoms with Crippen molar-refractivity contribution in [3.63, 3.8) is 0 Å². The number of carbonyl (C=O) groups excluding carboxylic acids is 1. The minimum Gasteiger partial charge on any atom is -0.489 e. The van der Waals surface area contributed by atoms with E-state index in [0.717, 1.165) is 17.3 Å². The van der Waals surface area contributed by atoms with Crippen molar-refractivity contribution in [2.24, 2.45) is 0 Å². The van der Waals surface area contributed by atoms with E-state index < -0.39 is 20.7 Å². The summed E-state index contributed by atoms with van der Waals surface area (Å²) in [6.07, 6.45) is 1.14. The first-order chi connectivity index (χ1) is 13.9. The van der Waals surface area contributed by atoms with Crippen molar-refractivity contribution in [1.29, 1.82) is 0 Å². The Balaban J connectivity index is 1.50. The topological polar surface area (TPSA) is 75.7 Å². The van der Waals surface area contributed by atoms with E-state index in [1.54, 1.807) is 48.5 Å². The molecular weight excluding hydrogens is 408 g/mol. The van der Waals surface area contributed by atoms with Crippen LogP contribution in [0, 0.1) is 0 Å². The van der Waals surface area contributed by atoms with Gasteiger partial charge in [-0.25, -0.2) is 8.42 Å². The molecule has 6 nitrogen and oxygen atoms in total. The van der Waals surface area contributed by atoms with Crippen LogP contribution in [0.15, 0.2) is 54.6 Å². The molecule has 0 bridgehead atoms. The van der Waals surface area contributed by atoms with E-state index in [4.69, 9.17) is 4.74 Å². The molecule has 0 unspecified atom stereocenters. The molecule has 29 heavy (non-hydrogen) atoms. The molecule has 154 valence electrons. The Labute approximate surface area is 175 Å². The summed E-state index contributed by atoms with van der Waals surface area (Å²) >= 11 is 1.85. The summed E-state index contributed by atoms with van der Waals surface area (Å²) in [6, 6.07) is 16.0. The Morgan fingerprint density at radius 2 is 1.83 bits per heavy atom. The number of carbonyl (C=O) groups is 1. The number of anilines is 2. The lowest BCUT2D eigenvalue weighted by atomic mass is 10.0. The molecule has 8 heteroatoms. The van der Waals surface area contributed by atoms with Crippen LogP contribution in [0.4, 0.5) is 11.4 Å². The second-order valence-electron chi connectivity index (χ2n) is 7.50. The number of benzene rings is 2. The SMILES string of the molecule is C[C@]1(C(=O)Nc2ccc(OC3CSC3)cc2)CCCN(c2ccccc2)S1(=O)=O. The molecule has 2 aromatic carbocycles. The third-order valence-electron chi connectivity index (χ3n) is 5.42. The van der Waals surface area contributed by atoms with E-state index in [-0.39, 0.29) is 12.5 Å². The number of thioether (sulfide) groups is 1. The third-order valence-corrected chi connectivity index (χ3v) is 9.14. The lowest BCUT2D eigenvalue weighted by molar-refractivity contribution is -0.118. The summed E-state index contributed by atoms with van der Waals surface area (Å²) in [6.45, 7) is 1.89. The fraction of sp³-hybridized carbons (Fsp3) is 0.381. The maximum atomic E-state index is 13.3. The van der Waals surface area contributed by atoms with E-state index in [1.165, 1.54) is 11.2 Å². The summed E-state index contributed by atoms with van der Waals surface area (Å²) in [4.78, 5) is 13.0. The number of nitrogens with zero attached hydrogens (tertiary/aromatic N) is 1. The van der Waals surface area contributed by atoms with Gasteiger partial charge in [0.2, 0.25) is 15.9 Å². The standard InChI is InChI=1S/C21H24N2O4S2/c1-21(12-5-13-23(29(21,25)26)17-6-3-2-4-7-17)20(24)22-16-8-10-18(11-9-16)27-19-14-28-15-19/h2-4,6-11,19H,5,12-15H2,1H3,(H,22,24)/t21-/m1/s1. The number of nitrogens with one attached hydrogen (secondary N) is 1. The number of hydrogen-bond donors (Lipinski definition) is 1. The van der Waals surface area contributed by atoms with Crippen molar-refractivity contribution in [2.75, 3.05) is 27.7 Å². The Morgan fingerprint density at radius 3 is 2.45 bits per heavy atom. The van der Waals surface area contributed by atoms with Crippen molar-refractivity contribution in [3.05, 3.63) is 54.6 Å². The third kappa shape index (κ3) is 3.83. The molecule has 4 rings (SSSR count). The molecular formula is C21H24N2O4S2. The molecule has 2 aliphatic rings. The van der Waals surface area contributed by atoms with E-state index in [1.807, 2.05) is 17.8 Å². The van der Waals surface area contributed by atoms with Crippen molar-refractivity contribution >= 4 is 39.1 Å². The minimum absolute atomic E-state index is 0.246. The molecule has 2 fully saturated rings. The van der Waals surface area contributed by atoms with Gasteiger partial charge in [-0.15, -0.1) is 0 Å². The Bertz CT molecular complexity index is 976. The van der Waals surface area contributed by atoms with Crippen LogP contribution in [-0.4, -0.2) is 43.2 Å². The maximum absolute atomic E-state index is 13.3. The number of amides is 1. The highest BCUT2D eigenvalue weighted by Crippen LogP contribution is 2.36. The molecule has 2 aliphatic heterocycles. The largest absolute Gasteiger partial charge is 0.489 e. The van der Waals surface area contributed by atoms with Crippen molar-refractivity contribution in [1.82, 2.24) is 0 Å². The zero-order valence-electron chi connectivity index (χ0n) is 16.2. The van der Waals surface area contributed by atoms with Gasteiger partial charge in [-0.2, -0.15) is 11.8 Å². The molecule has 1 N–H and O–H groups in total. The monoisotopic (exact) mass is 432 g/mol. The van der Waals surface area contributed by atoms with Crippen LogP contribution in [0.25, 0.3) is 0 Å². The number of rotatable bonds is 5. The maximum Gasteiger partial charge on any atom is 0.249 e. The molecule has 2 aromatic rings. The molecule has 0 radical (unpaired) electrons. The molecule has 1 amide bonds. The lowest BCUT2D eigenvalue weighted by Gasteiger charge is -2.39. The van der Waals surface area contributed by atoms with E-state index in [0.29, 0.717) is 24.3 Å². The van der Waals surface area contributed by atoms with Gasteiger partial charge in [0.1, 0.15) is 11.9 Å². The number of hydrogen-bond acceptors (Lipinski definition) is 5. The van der Waals surface area contributed by atoms with Gasteiger partial charge in [0.25, 0.3) is 0 Å². The summed E-state index contributed by atoms with van der Waals surface area (Å²) in [7, 11) is -3.86. The zero-order chi connectivity index (χ0) is 20.5. The second kappa shape index (κ2) is 7.91. The van der Waals surface area contributed by atoms with E-state index >= 15 is 0 Å². The van der Waals surface area contributed by atoms with Crippen molar-refractivity contribution in [3.8, 4) is 5.75 Å². The molecule has 0 aromatic heterocycles. The van der Waals surface area contributed by atoms with Crippen LogP contribution >= 0.6 is 11.8 Å². The van der Waals surface area contributed by atoms with Crippen LogP contribution in [0.1, 0.15) is 19.8 Å². The van der Waals surface area contributed by atoms with Crippen LogP contribution in [0.3, 0.4) is 0 Å². The molecule has 2 heterocycles. The van der Waals surface area contributed by atoms with E-state index in [2.05, 4.69) is 5.32 Å². The van der Waals surface area contributed by atoms with Crippen LogP contribution in [0.2, 0.25) is 0 Å². The van der Waals surface area contributed by atoms with Gasteiger partial charge < -0.3 is 10.1 Å². The highest BCUT2D eigenvalue weighted by Gasteiger charge is 2.51. The van der Waals surface area contributed by atoms with Crippen molar-refractivity contribution < 1.29 is 17.9 Å². The van der Waals surface area contributed by atoms with Gasteiger partial charge in [-0.1, -0.05) is 18.2 Å². The van der Waals surface area contributed by atoms with E-state index in [9.17, 15) is 13.2 Å². The number of sulfonamides is 1. The first-order valence-electron chi connectivity index (χ1n) is 9.63. The fourth-order valence-corrected chi connectivity index (χ4v) is 6.01. The minimum atomic E-state index is -3.86. The van der Waals surface area contributed by atoms with Gasteiger partial charge >= 0.3 is 0 Å². The summed E-state index contributed by atoms with van der Waals surface area (Å²) in [5.74, 6) is 2.22. The smallest absolute Gasteiger partial charge is 0.249 e. The molecule has 1 atom stereocenters. The zero-order valence-corrected chi connectivity index (χ0v) is 17.8. The number of ether oxygens (including phenoxy) is 1. The average Bonchev–Trinajstić information content (AvgIpc) is 2.68. The predicted molar refractivity (Wildman–Crippen MR) is 117 cm³/mol. The fourth-order valence-electron chi connectivity index (χ4n) is 3.50. The highest BCUT2D eigenvalue weighted by atomic mass is 32.2. The normalized spacial score (nSPS) is 23.8. The first kappa shape index (κ1) is 20.1. The van der Waals surface area contributed by atoms with Crippen LogP contribution < -0.4 is 14.4 Å². The van der Waals surface area contributed by atoms with Gasteiger partial charge in [-0.3, -0.25) is 9.10 Å². The van der Waals surface area contributed by atoms with Gasteiger partial charge in [0, 0.05) is 23.7 Å². The second-order valence-corrected chi connectivity index (χ2v) is 10.9. The van der Waals surface area contributed by atoms with Crippen LogP contribution in [-0.2, 0) is 14.8 Å². The molecule has 0 spiro atoms. The predicted octanol–water partition coefficient (Wildman–Crippen LogP) is 3.51. The van der Waals surface area contributed by atoms with Gasteiger partial charge in [0.05, 0.1) is 5.69 Å². The Kier molecular flexibility index (Phi) is 5.48. The highest BCUT2D eigenvalue weighted by molar-refractivity contribution is 8.00. The molecule has 0 saturated carbocycles. The first-order valence-corrected chi connectivity index (χ1v) is 12.2. The average molecular weight is 433 g/mol. The molecule has 0 aliphatic carbocycles. The number of para-hydroxylation sites is 1.